The van der Waals surface area contributed by atoms with Crippen LogP contribution < -0.4 is 4.90 Å². The van der Waals surface area contributed by atoms with Gasteiger partial charge in [-0.2, -0.15) is 5.10 Å². The molecule has 2 aromatic rings. The van der Waals surface area contributed by atoms with Gasteiger partial charge in [-0.15, -0.1) is 0 Å². The van der Waals surface area contributed by atoms with Gasteiger partial charge >= 0.3 is 0 Å². The van der Waals surface area contributed by atoms with E-state index in [1.165, 1.54) is 42.6 Å². The first-order valence-corrected chi connectivity index (χ1v) is 14.5. The summed E-state index contributed by atoms with van der Waals surface area (Å²) in [7, 11) is -1.06. The lowest BCUT2D eigenvalue weighted by Crippen LogP contribution is -2.43. The number of hydrogen-bond acceptors (Lipinski definition) is 4. The van der Waals surface area contributed by atoms with Crippen LogP contribution >= 0.6 is 0 Å². The molecule has 154 valence electrons. The maximum Gasteiger partial charge on any atom is 0.158 e. The normalized spacial score (nSPS) is 20.2. The molecule has 6 heteroatoms. The van der Waals surface area contributed by atoms with Gasteiger partial charge in [0.05, 0.1) is 5.52 Å². The highest BCUT2D eigenvalue weighted by atomic mass is 28.3. The Bertz CT molecular complexity index is 783. The molecule has 5 nitrogen and oxygen atoms in total. The quantitative estimate of drug-likeness (QED) is 0.517. The molecule has 1 aromatic heterocycles. The van der Waals surface area contributed by atoms with E-state index in [9.17, 15) is 0 Å². The number of aromatic nitrogens is 2. The summed E-state index contributed by atoms with van der Waals surface area (Å²) >= 11 is 0. The fourth-order valence-corrected chi connectivity index (χ4v) is 5.23. The Balaban J connectivity index is 1.46. The minimum absolute atomic E-state index is 0.507. The van der Waals surface area contributed by atoms with Gasteiger partial charge in [0.1, 0.15) is 6.73 Å². The Morgan fingerprint density at radius 1 is 1.07 bits per heavy atom. The lowest BCUT2D eigenvalue weighted by Gasteiger charge is -2.44. The summed E-state index contributed by atoms with van der Waals surface area (Å²) in [6.07, 6.45) is 4.95. The van der Waals surface area contributed by atoms with Gasteiger partial charge in [-0.25, -0.2) is 4.68 Å². The van der Waals surface area contributed by atoms with E-state index >= 15 is 0 Å². The molecular formula is C22H35N3O2Si. The minimum Gasteiger partial charge on any atom is -0.381 e. The van der Waals surface area contributed by atoms with Crippen molar-refractivity contribution in [3.63, 3.8) is 0 Å². The van der Waals surface area contributed by atoms with Crippen LogP contribution in [0.5, 0.6) is 0 Å². The number of benzene rings is 1. The maximum atomic E-state index is 6.00. The Morgan fingerprint density at radius 3 is 2.50 bits per heavy atom. The van der Waals surface area contributed by atoms with Crippen molar-refractivity contribution < 1.29 is 9.47 Å². The van der Waals surface area contributed by atoms with Gasteiger partial charge in [0.2, 0.25) is 0 Å². The second kappa shape index (κ2) is 8.17. The van der Waals surface area contributed by atoms with Crippen molar-refractivity contribution in [1.82, 2.24) is 9.78 Å². The predicted octanol–water partition coefficient (Wildman–Crippen LogP) is 4.75. The lowest BCUT2D eigenvalue weighted by molar-refractivity contribution is 0.00204. The number of piperidine rings is 1. The van der Waals surface area contributed by atoms with Gasteiger partial charge in [-0.1, -0.05) is 31.8 Å². The molecule has 2 fully saturated rings. The highest BCUT2D eigenvalue weighted by Gasteiger charge is 2.36. The van der Waals surface area contributed by atoms with E-state index in [4.69, 9.17) is 14.6 Å². The maximum absolute atomic E-state index is 6.00. The molecule has 2 saturated heterocycles. The molecule has 0 atom stereocenters. The average Bonchev–Trinajstić information content (AvgIpc) is 3.05. The molecule has 0 saturated carbocycles. The zero-order valence-electron chi connectivity index (χ0n) is 17.7. The first kappa shape index (κ1) is 19.9. The van der Waals surface area contributed by atoms with Gasteiger partial charge in [0.25, 0.3) is 0 Å². The number of fused-ring (bicyclic) bond motifs is 1. The molecule has 0 bridgehead atoms. The van der Waals surface area contributed by atoms with E-state index in [-0.39, 0.29) is 0 Å². The number of ether oxygens (including phenoxy) is 2. The Labute approximate surface area is 170 Å². The van der Waals surface area contributed by atoms with Gasteiger partial charge < -0.3 is 14.4 Å². The van der Waals surface area contributed by atoms with E-state index < -0.39 is 8.07 Å². The topological polar surface area (TPSA) is 39.5 Å². The number of rotatable bonds is 6. The van der Waals surface area contributed by atoms with Gasteiger partial charge in [0.15, 0.2) is 5.82 Å². The third-order valence-electron chi connectivity index (χ3n) is 6.53. The van der Waals surface area contributed by atoms with Crippen molar-refractivity contribution in [1.29, 1.82) is 0 Å². The van der Waals surface area contributed by atoms with Gasteiger partial charge in [-0.3, -0.25) is 0 Å². The van der Waals surface area contributed by atoms with E-state index in [0.717, 1.165) is 38.7 Å². The molecule has 0 aliphatic carbocycles. The molecule has 3 heterocycles. The van der Waals surface area contributed by atoms with Crippen molar-refractivity contribution >= 4 is 24.8 Å². The Hall–Kier alpha value is -1.37. The largest absolute Gasteiger partial charge is 0.381 e. The molecule has 28 heavy (non-hydrogen) atoms. The van der Waals surface area contributed by atoms with Crippen molar-refractivity contribution in [3.05, 3.63) is 24.3 Å². The van der Waals surface area contributed by atoms with Gasteiger partial charge in [0, 0.05) is 46.4 Å². The fourth-order valence-electron chi connectivity index (χ4n) is 4.47. The second-order valence-corrected chi connectivity index (χ2v) is 15.4. The summed E-state index contributed by atoms with van der Waals surface area (Å²) in [5.41, 5.74) is 1.68. The zero-order valence-corrected chi connectivity index (χ0v) is 18.7. The molecule has 2 aliphatic heterocycles. The molecule has 2 aliphatic rings. The standard InChI is InChI=1S/C22H35N3O2Si/c1-28(2,3)17-16-27-18-25-20-7-5-4-6-19(20)21(23-25)24-12-8-22(9-13-24)10-14-26-15-11-22/h4-7H,8-18H2,1-3H3. The first-order valence-electron chi connectivity index (χ1n) is 10.8. The SMILES string of the molecule is C[Si](C)(C)CCOCn1nc(N2CCC3(CCOCC3)CC2)c2ccccc21. The molecule has 0 unspecified atom stereocenters. The molecule has 0 N–H and O–H groups in total. The van der Waals surface area contributed by atoms with Crippen LogP contribution in [0.2, 0.25) is 25.7 Å². The fraction of sp³-hybridized carbons (Fsp3) is 0.682. The third-order valence-corrected chi connectivity index (χ3v) is 8.23. The molecule has 0 radical (unpaired) electrons. The summed E-state index contributed by atoms with van der Waals surface area (Å²) < 4.78 is 13.6. The number of hydrogen-bond donors (Lipinski definition) is 0. The van der Waals surface area contributed by atoms with Crippen LogP contribution in [0.4, 0.5) is 5.82 Å². The zero-order chi connectivity index (χ0) is 19.6. The number of para-hydroxylation sites is 1. The average molecular weight is 402 g/mol. The summed E-state index contributed by atoms with van der Waals surface area (Å²) in [5.74, 6) is 1.13. The van der Waals surface area contributed by atoms with Crippen LogP contribution in [0.15, 0.2) is 24.3 Å². The molecule has 0 amide bonds. The lowest BCUT2D eigenvalue weighted by atomic mass is 9.72. The van der Waals surface area contributed by atoms with E-state index in [2.05, 4.69) is 48.8 Å². The molecule has 4 rings (SSSR count). The van der Waals surface area contributed by atoms with Crippen LogP contribution in [0, 0.1) is 5.41 Å². The smallest absolute Gasteiger partial charge is 0.158 e. The first-order chi connectivity index (χ1) is 13.5. The molecule has 1 spiro atoms. The van der Waals surface area contributed by atoms with E-state index in [1.807, 2.05) is 4.68 Å². The predicted molar refractivity (Wildman–Crippen MR) is 118 cm³/mol. The minimum atomic E-state index is -1.06. The summed E-state index contributed by atoms with van der Waals surface area (Å²) in [5, 5.41) is 6.23. The molecular weight excluding hydrogens is 366 g/mol. The Morgan fingerprint density at radius 2 is 1.79 bits per heavy atom. The monoisotopic (exact) mass is 401 g/mol. The van der Waals surface area contributed by atoms with Crippen molar-refractivity contribution in [2.75, 3.05) is 37.8 Å². The van der Waals surface area contributed by atoms with Crippen molar-refractivity contribution in [2.45, 2.75) is 58.1 Å². The van der Waals surface area contributed by atoms with Crippen molar-refractivity contribution in [3.8, 4) is 0 Å². The highest BCUT2D eigenvalue weighted by Crippen LogP contribution is 2.42. The number of nitrogens with zero attached hydrogens (tertiary/aromatic N) is 3. The second-order valence-electron chi connectivity index (χ2n) is 9.79. The van der Waals surface area contributed by atoms with Crippen LogP contribution in [0.3, 0.4) is 0 Å². The van der Waals surface area contributed by atoms with Crippen LogP contribution in [0.1, 0.15) is 25.7 Å². The van der Waals surface area contributed by atoms with Crippen LogP contribution in [0.25, 0.3) is 10.9 Å². The number of anilines is 1. The van der Waals surface area contributed by atoms with Crippen molar-refractivity contribution in [2.24, 2.45) is 5.41 Å². The third kappa shape index (κ3) is 4.44. The highest BCUT2D eigenvalue weighted by molar-refractivity contribution is 6.76. The van der Waals surface area contributed by atoms with Crippen LogP contribution in [-0.2, 0) is 16.2 Å². The van der Waals surface area contributed by atoms with E-state index in [0.29, 0.717) is 12.1 Å². The van der Waals surface area contributed by atoms with Gasteiger partial charge in [-0.05, 0) is 49.3 Å². The van der Waals surface area contributed by atoms with Crippen LogP contribution in [-0.4, -0.2) is 50.8 Å². The Kier molecular flexibility index (Phi) is 5.81. The molecule has 1 aromatic carbocycles. The van der Waals surface area contributed by atoms with E-state index in [1.54, 1.807) is 0 Å². The summed E-state index contributed by atoms with van der Waals surface area (Å²) in [6.45, 7) is 12.6. The summed E-state index contributed by atoms with van der Waals surface area (Å²) in [4.78, 5) is 2.49. The summed E-state index contributed by atoms with van der Waals surface area (Å²) in [6, 6.07) is 9.77.